The van der Waals surface area contributed by atoms with Crippen molar-refractivity contribution in [1.29, 1.82) is 0 Å². The van der Waals surface area contributed by atoms with E-state index in [9.17, 15) is 4.57 Å². The summed E-state index contributed by atoms with van der Waals surface area (Å²) < 4.78 is 19.6. The van der Waals surface area contributed by atoms with Gasteiger partial charge in [0.15, 0.2) is 0 Å². The van der Waals surface area contributed by atoms with Gasteiger partial charge in [-0.1, -0.05) is 0 Å². The lowest BCUT2D eigenvalue weighted by atomic mass is 10.5. The van der Waals surface area contributed by atoms with Crippen LogP contribution in [-0.2, 0) is 13.9 Å². The van der Waals surface area contributed by atoms with Crippen molar-refractivity contribution in [2.75, 3.05) is 26.3 Å². The molecule has 0 aromatic rings. The molecule has 1 aliphatic rings. The second-order valence-electron chi connectivity index (χ2n) is 1.86. The van der Waals surface area contributed by atoms with Gasteiger partial charge in [0.25, 0.3) is 0 Å². The number of hydrogen-bond acceptors (Lipinski definition) is 4. The van der Waals surface area contributed by atoms with Gasteiger partial charge in [0.05, 0.1) is 13.2 Å². The highest BCUT2D eigenvalue weighted by atomic mass is 31.1. The molecule has 59 valence electrons. The van der Waals surface area contributed by atoms with E-state index in [-0.39, 0.29) is 0 Å². The predicted octanol–water partition coefficient (Wildman–Crippen LogP) is -0.100. The van der Waals surface area contributed by atoms with Gasteiger partial charge in [-0.05, 0) is 0 Å². The molecule has 0 amide bonds. The molecule has 0 aromatic carbocycles. The van der Waals surface area contributed by atoms with E-state index in [1.54, 1.807) is 0 Å². The molecule has 10 heavy (non-hydrogen) atoms. The van der Waals surface area contributed by atoms with Gasteiger partial charge in [0.2, 0.25) is 0 Å². The van der Waals surface area contributed by atoms with Crippen LogP contribution in [0.5, 0.6) is 0 Å². The third-order valence-electron chi connectivity index (χ3n) is 1.16. The van der Waals surface area contributed by atoms with Crippen LogP contribution >= 0.6 is 8.25 Å². The van der Waals surface area contributed by atoms with Crippen LogP contribution in [0.3, 0.4) is 0 Å². The molecule has 1 fully saturated rings. The van der Waals surface area contributed by atoms with Crippen molar-refractivity contribution in [2.24, 2.45) is 0 Å². The first-order valence-electron chi connectivity index (χ1n) is 2.96. The quantitative estimate of drug-likeness (QED) is 0.580. The van der Waals surface area contributed by atoms with Gasteiger partial charge in [-0.15, -0.1) is 0 Å². The molecule has 1 radical (unpaired) electrons. The van der Waals surface area contributed by atoms with E-state index in [1.807, 2.05) is 0 Å². The Morgan fingerprint density at radius 1 is 1.50 bits per heavy atom. The van der Waals surface area contributed by atoms with Crippen molar-refractivity contribution in [2.45, 2.75) is 0 Å². The summed E-state index contributed by atoms with van der Waals surface area (Å²) in [6.07, 6.45) is 0. The van der Waals surface area contributed by atoms with E-state index in [0.717, 1.165) is 0 Å². The topological polar surface area (TPSA) is 59.0 Å². The first-order valence-corrected chi connectivity index (χ1v) is 4.09. The lowest BCUT2D eigenvalue weighted by Gasteiger charge is -2.22. The van der Waals surface area contributed by atoms with E-state index >= 15 is 0 Å². The smallest absolute Gasteiger partial charge is 0.379 e. The van der Waals surface area contributed by atoms with E-state index in [2.05, 4.69) is 4.62 Å². The zero-order valence-corrected chi connectivity index (χ0v) is 6.29. The van der Waals surface area contributed by atoms with Gasteiger partial charge < -0.3 is 4.74 Å². The fourth-order valence-corrected chi connectivity index (χ4v) is 1.09. The zero-order chi connectivity index (χ0) is 7.40. The summed E-state index contributed by atoms with van der Waals surface area (Å²) in [4.78, 5) is 8.31. The highest BCUT2D eigenvalue weighted by Crippen LogP contribution is 2.17. The molecule has 1 saturated heterocycles. The second kappa shape index (κ2) is 3.95. The maximum atomic E-state index is 10.1. The Bertz CT molecular complexity index is 124. The zero-order valence-electron chi connectivity index (χ0n) is 5.39. The van der Waals surface area contributed by atoms with Crippen LogP contribution in [0.1, 0.15) is 0 Å². The SMILES string of the molecule is O=[P](O)ON1CCOCC1. The van der Waals surface area contributed by atoms with Crippen LogP contribution in [-0.4, -0.2) is 36.3 Å². The van der Waals surface area contributed by atoms with E-state index < -0.39 is 8.25 Å². The van der Waals surface area contributed by atoms with Crippen LogP contribution in [0.15, 0.2) is 0 Å². The van der Waals surface area contributed by atoms with Gasteiger partial charge in [0.1, 0.15) is 0 Å². The van der Waals surface area contributed by atoms with E-state index in [0.29, 0.717) is 26.3 Å². The number of hydrogen-bond donors (Lipinski definition) is 1. The molecule has 0 saturated carbocycles. The fraction of sp³-hybridized carbons (Fsp3) is 1.00. The van der Waals surface area contributed by atoms with Crippen molar-refractivity contribution in [3.63, 3.8) is 0 Å². The summed E-state index contributed by atoms with van der Waals surface area (Å²) in [5.74, 6) is 0. The monoisotopic (exact) mass is 166 g/mol. The minimum atomic E-state index is -2.50. The van der Waals surface area contributed by atoms with Crippen molar-refractivity contribution >= 4 is 8.25 Å². The summed E-state index contributed by atoms with van der Waals surface area (Å²) in [5, 5.41) is 1.43. The van der Waals surface area contributed by atoms with E-state index in [4.69, 9.17) is 9.63 Å². The van der Waals surface area contributed by atoms with Gasteiger partial charge in [-0.3, -0.25) is 4.89 Å². The second-order valence-corrected chi connectivity index (χ2v) is 2.50. The first kappa shape index (κ1) is 8.04. The standard InChI is InChI=1S/C4H9NO4P/c6-10(7)9-5-1-3-8-4-2-5/h1-4H2,(H,6,7). The third-order valence-corrected chi connectivity index (χ3v) is 1.53. The lowest BCUT2D eigenvalue weighted by molar-refractivity contribution is -0.119. The minimum Gasteiger partial charge on any atom is -0.379 e. The highest BCUT2D eigenvalue weighted by molar-refractivity contribution is 7.32. The number of hydroxylamine groups is 2. The van der Waals surface area contributed by atoms with Crippen LogP contribution in [0.25, 0.3) is 0 Å². The average Bonchev–Trinajstić information content (AvgIpc) is 1.88. The predicted molar refractivity (Wildman–Crippen MR) is 33.3 cm³/mol. The Hall–Kier alpha value is -0.0600. The summed E-state index contributed by atoms with van der Waals surface area (Å²) >= 11 is 0. The largest absolute Gasteiger partial charge is 0.384 e. The number of nitrogens with zero attached hydrogens (tertiary/aromatic N) is 1. The number of morpholine rings is 1. The Morgan fingerprint density at radius 2 is 2.10 bits per heavy atom. The van der Waals surface area contributed by atoms with Gasteiger partial charge in [0, 0.05) is 13.1 Å². The Kier molecular flexibility index (Phi) is 3.18. The molecular weight excluding hydrogens is 157 g/mol. The van der Waals surface area contributed by atoms with Crippen LogP contribution in [0.4, 0.5) is 0 Å². The molecule has 1 atom stereocenters. The molecule has 5 nitrogen and oxygen atoms in total. The third kappa shape index (κ3) is 2.68. The molecule has 6 heteroatoms. The Morgan fingerprint density at radius 3 is 2.60 bits per heavy atom. The molecule has 0 aromatic heterocycles. The summed E-state index contributed by atoms with van der Waals surface area (Å²) in [6.45, 7) is 2.23. The van der Waals surface area contributed by atoms with Crippen molar-refractivity contribution in [1.82, 2.24) is 5.06 Å². The summed E-state index contributed by atoms with van der Waals surface area (Å²) in [6, 6.07) is 0. The van der Waals surface area contributed by atoms with Crippen molar-refractivity contribution in [3.8, 4) is 0 Å². The average molecular weight is 166 g/mol. The molecular formula is C4H9NO4P. The van der Waals surface area contributed by atoms with Gasteiger partial charge in [-0.25, -0.2) is 4.57 Å². The Balaban J connectivity index is 2.19. The molecule has 1 N–H and O–H groups in total. The molecule has 0 aliphatic carbocycles. The summed E-state index contributed by atoms with van der Waals surface area (Å²) in [5.41, 5.74) is 0. The maximum absolute atomic E-state index is 10.1. The molecule has 1 aliphatic heterocycles. The molecule has 1 unspecified atom stereocenters. The van der Waals surface area contributed by atoms with Crippen LogP contribution < -0.4 is 0 Å². The molecule has 0 bridgehead atoms. The maximum Gasteiger partial charge on any atom is 0.384 e. The molecule has 1 heterocycles. The number of ether oxygens (including phenoxy) is 1. The normalized spacial score (nSPS) is 22.7. The van der Waals surface area contributed by atoms with Gasteiger partial charge >= 0.3 is 8.25 Å². The minimum absolute atomic E-state index is 0.557. The van der Waals surface area contributed by atoms with Crippen LogP contribution in [0.2, 0.25) is 0 Å². The molecule has 1 rings (SSSR count). The van der Waals surface area contributed by atoms with Crippen molar-refractivity contribution < 1.29 is 18.8 Å². The fourth-order valence-electron chi connectivity index (χ4n) is 0.727. The van der Waals surface area contributed by atoms with Crippen LogP contribution in [0, 0.1) is 0 Å². The van der Waals surface area contributed by atoms with E-state index in [1.165, 1.54) is 5.06 Å². The van der Waals surface area contributed by atoms with Crippen molar-refractivity contribution in [3.05, 3.63) is 0 Å². The lowest BCUT2D eigenvalue weighted by Crippen LogP contribution is -2.34. The summed E-state index contributed by atoms with van der Waals surface area (Å²) in [7, 11) is -2.50. The molecule has 0 spiro atoms. The van der Waals surface area contributed by atoms with Gasteiger partial charge in [-0.2, -0.15) is 9.69 Å². The first-order chi connectivity index (χ1) is 4.79. The number of rotatable bonds is 2. The Labute approximate surface area is 59.4 Å². The highest BCUT2D eigenvalue weighted by Gasteiger charge is 2.12.